The number of nitrogens with zero attached hydrogens (tertiary/aromatic N) is 2. The summed E-state index contributed by atoms with van der Waals surface area (Å²) in [6.07, 6.45) is 6.79. The van der Waals surface area contributed by atoms with Crippen LogP contribution in [0.3, 0.4) is 0 Å². The van der Waals surface area contributed by atoms with Gasteiger partial charge in [0.1, 0.15) is 0 Å². The van der Waals surface area contributed by atoms with Crippen LogP contribution >= 0.6 is 12.4 Å². The molecule has 0 aliphatic heterocycles. The Balaban J connectivity index is 0.00000144. The third kappa shape index (κ3) is 2.32. The van der Waals surface area contributed by atoms with Crippen LogP contribution in [0.4, 0.5) is 0 Å². The Morgan fingerprint density at radius 1 is 1.09 bits per heavy atom. The number of aromatic amines is 1. The molecule has 22 heavy (non-hydrogen) atoms. The molecule has 1 aliphatic rings. The van der Waals surface area contributed by atoms with Gasteiger partial charge in [0, 0.05) is 18.0 Å². The maximum absolute atomic E-state index is 6.25. The fourth-order valence-corrected chi connectivity index (χ4v) is 2.71. The van der Waals surface area contributed by atoms with Crippen molar-refractivity contribution in [3.8, 4) is 22.6 Å². The number of halogens is 1. The molecule has 0 bridgehead atoms. The van der Waals surface area contributed by atoms with Gasteiger partial charge < -0.3 is 15.2 Å². The molecule has 0 amide bonds. The quantitative estimate of drug-likeness (QED) is 0.775. The second-order valence-electron chi connectivity index (χ2n) is 5.58. The molecule has 0 atom stereocenters. The molecule has 0 spiro atoms. The summed E-state index contributed by atoms with van der Waals surface area (Å²) in [6, 6.07) is 10.1. The number of H-pyrrole nitrogens is 1. The van der Waals surface area contributed by atoms with E-state index in [1.54, 1.807) is 0 Å². The van der Waals surface area contributed by atoms with Gasteiger partial charge in [-0.1, -0.05) is 35.5 Å². The van der Waals surface area contributed by atoms with E-state index in [1.807, 2.05) is 30.6 Å². The maximum atomic E-state index is 6.25. The van der Waals surface area contributed by atoms with E-state index in [1.165, 1.54) is 0 Å². The van der Waals surface area contributed by atoms with E-state index in [2.05, 4.69) is 27.3 Å². The van der Waals surface area contributed by atoms with Crippen LogP contribution in [0.5, 0.6) is 0 Å². The van der Waals surface area contributed by atoms with E-state index < -0.39 is 5.54 Å². The monoisotopic (exact) mass is 316 g/mol. The fraction of sp³-hybridized carbons (Fsp3) is 0.250. The predicted molar refractivity (Wildman–Crippen MR) is 86.5 cm³/mol. The zero-order chi connectivity index (χ0) is 14.3. The lowest BCUT2D eigenvalue weighted by Gasteiger charge is -2.34. The van der Waals surface area contributed by atoms with Crippen molar-refractivity contribution < 1.29 is 4.52 Å². The molecular weight excluding hydrogens is 300 g/mol. The van der Waals surface area contributed by atoms with Crippen LogP contribution in [-0.4, -0.2) is 15.1 Å². The minimum atomic E-state index is -0.398. The molecule has 2 heterocycles. The summed E-state index contributed by atoms with van der Waals surface area (Å²) in [5.41, 5.74) is 8.91. The van der Waals surface area contributed by atoms with Crippen LogP contribution in [0.1, 0.15) is 25.1 Å². The Morgan fingerprint density at radius 3 is 2.50 bits per heavy atom. The molecule has 4 rings (SSSR count). The molecular formula is C16H17ClN4O. The van der Waals surface area contributed by atoms with Crippen LogP contribution in [0.15, 0.2) is 47.2 Å². The van der Waals surface area contributed by atoms with Gasteiger partial charge in [-0.05, 0) is 24.8 Å². The van der Waals surface area contributed by atoms with Gasteiger partial charge in [0.25, 0.3) is 5.89 Å². The summed E-state index contributed by atoms with van der Waals surface area (Å²) >= 11 is 0. The van der Waals surface area contributed by atoms with E-state index >= 15 is 0 Å². The summed E-state index contributed by atoms with van der Waals surface area (Å²) < 4.78 is 5.43. The second kappa shape index (κ2) is 5.59. The standard InChI is InChI=1S/C16H16N4O.ClH/c17-16(7-4-8-16)15-19-14(21-20-15)13-10-18-9-12(13)11-5-2-1-3-6-11;/h1-3,5-6,9-10,18H,4,7-8,17H2;1H. The topological polar surface area (TPSA) is 80.7 Å². The number of benzene rings is 1. The van der Waals surface area contributed by atoms with Gasteiger partial charge in [-0.25, -0.2) is 0 Å². The van der Waals surface area contributed by atoms with Crippen LogP contribution < -0.4 is 5.73 Å². The molecule has 0 unspecified atom stereocenters. The Hall–Kier alpha value is -2.11. The highest BCUT2D eigenvalue weighted by Gasteiger charge is 2.39. The lowest BCUT2D eigenvalue weighted by atomic mass is 9.77. The van der Waals surface area contributed by atoms with Gasteiger partial charge in [0.05, 0.1) is 11.1 Å². The Kier molecular flexibility index (Phi) is 3.76. The van der Waals surface area contributed by atoms with E-state index in [4.69, 9.17) is 10.3 Å². The zero-order valence-corrected chi connectivity index (χ0v) is 12.8. The van der Waals surface area contributed by atoms with Gasteiger partial charge in [0.2, 0.25) is 0 Å². The molecule has 6 heteroatoms. The first-order valence-electron chi connectivity index (χ1n) is 7.12. The van der Waals surface area contributed by atoms with E-state index in [9.17, 15) is 0 Å². The summed E-state index contributed by atoms with van der Waals surface area (Å²) in [5.74, 6) is 1.13. The molecule has 3 aromatic rings. The molecule has 2 aromatic heterocycles. The van der Waals surface area contributed by atoms with Crippen molar-refractivity contribution in [3.63, 3.8) is 0 Å². The highest BCUT2D eigenvalue weighted by atomic mass is 35.5. The van der Waals surface area contributed by atoms with Gasteiger partial charge in [-0.2, -0.15) is 4.98 Å². The number of hydrogen-bond donors (Lipinski definition) is 2. The molecule has 1 saturated carbocycles. The van der Waals surface area contributed by atoms with Crippen molar-refractivity contribution in [2.45, 2.75) is 24.8 Å². The maximum Gasteiger partial charge on any atom is 0.260 e. The summed E-state index contributed by atoms with van der Waals surface area (Å²) in [4.78, 5) is 7.62. The van der Waals surface area contributed by atoms with Crippen molar-refractivity contribution in [2.75, 3.05) is 0 Å². The van der Waals surface area contributed by atoms with Gasteiger partial charge in [-0.3, -0.25) is 0 Å². The highest BCUT2D eigenvalue weighted by molar-refractivity contribution is 5.85. The first kappa shape index (κ1) is 14.8. The number of rotatable bonds is 3. The zero-order valence-electron chi connectivity index (χ0n) is 12.0. The molecule has 1 aliphatic carbocycles. The average molecular weight is 317 g/mol. The SMILES string of the molecule is Cl.NC1(c2noc(-c3c[nH]cc3-c3ccccc3)n2)CCC1. The Bertz CT molecular complexity index is 761. The number of aromatic nitrogens is 3. The Morgan fingerprint density at radius 2 is 1.82 bits per heavy atom. The van der Waals surface area contributed by atoms with E-state index in [0.29, 0.717) is 11.7 Å². The predicted octanol–water partition coefficient (Wildman–Crippen LogP) is 3.49. The van der Waals surface area contributed by atoms with Crippen molar-refractivity contribution in [1.82, 2.24) is 15.1 Å². The van der Waals surface area contributed by atoms with Crippen molar-refractivity contribution >= 4 is 12.4 Å². The first-order chi connectivity index (χ1) is 10.3. The van der Waals surface area contributed by atoms with Crippen molar-refractivity contribution in [2.24, 2.45) is 5.73 Å². The summed E-state index contributed by atoms with van der Waals surface area (Å²) in [7, 11) is 0. The normalized spacial score (nSPS) is 15.9. The molecule has 3 N–H and O–H groups in total. The van der Waals surface area contributed by atoms with Crippen LogP contribution in [0.2, 0.25) is 0 Å². The van der Waals surface area contributed by atoms with Crippen LogP contribution in [0, 0.1) is 0 Å². The molecule has 114 valence electrons. The van der Waals surface area contributed by atoms with Crippen LogP contribution in [-0.2, 0) is 5.54 Å². The van der Waals surface area contributed by atoms with Crippen molar-refractivity contribution in [3.05, 3.63) is 48.5 Å². The fourth-order valence-electron chi connectivity index (χ4n) is 2.71. The third-order valence-electron chi connectivity index (χ3n) is 4.18. The van der Waals surface area contributed by atoms with Gasteiger partial charge in [-0.15, -0.1) is 12.4 Å². The first-order valence-corrected chi connectivity index (χ1v) is 7.12. The van der Waals surface area contributed by atoms with Crippen LogP contribution in [0.25, 0.3) is 22.6 Å². The number of hydrogen-bond acceptors (Lipinski definition) is 4. The number of nitrogens with two attached hydrogens (primary N) is 1. The second-order valence-corrected chi connectivity index (χ2v) is 5.58. The minimum absolute atomic E-state index is 0. The highest BCUT2D eigenvalue weighted by Crippen LogP contribution is 2.38. The molecule has 5 nitrogen and oxygen atoms in total. The van der Waals surface area contributed by atoms with Gasteiger partial charge >= 0.3 is 0 Å². The van der Waals surface area contributed by atoms with Crippen molar-refractivity contribution in [1.29, 1.82) is 0 Å². The van der Waals surface area contributed by atoms with Gasteiger partial charge in [0.15, 0.2) is 5.82 Å². The third-order valence-corrected chi connectivity index (χ3v) is 4.18. The Labute approximate surface area is 134 Å². The lowest BCUT2D eigenvalue weighted by Crippen LogP contribution is -2.44. The minimum Gasteiger partial charge on any atom is -0.366 e. The van der Waals surface area contributed by atoms with E-state index in [0.717, 1.165) is 36.0 Å². The summed E-state index contributed by atoms with van der Waals surface area (Å²) in [6.45, 7) is 0. The molecule has 1 aromatic carbocycles. The number of nitrogens with one attached hydrogen (secondary N) is 1. The largest absolute Gasteiger partial charge is 0.366 e. The smallest absolute Gasteiger partial charge is 0.260 e. The molecule has 1 fully saturated rings. The average Bonchev–Trinajstić information content (AvgIpc) is 3.14. The summed E-state index contributed by atoms with van der Waals surface area (Å²) in [5, 5.41) is 4.08. The molecule has 0 saturated heterocycles. The van der Waals surface area contributed by atoms with E-state index in [-0.39, 0.29) is 12.4 Å². The molecule has 0 radical (unpaired) electrons. The lowest BCUT2D eigenvalue weighted by molar-refractivity contribution is 0.229.